The summed E-state index contributed by atoms with van der Waals surface area (Å²) in [7, 11) is -4.41. The molecule has 11 heteroatoms. The topological polar surface area (TPSA) is 72.7 Å². The molecule has 0 saturated carbocycles. The van der Waals surface area contributed by atoms with E-state index in [1.54, 1.807) is 6.92 Å². The average molecular weight is 435 g/mol. The van der Waals surface area contributed by atoms with Gasteiger partial charge in [-0.05, 0) is 31.5 Å². The van der Waals surface area contributed by atoms with E-state index < -0.39 is 44.1 Å². The molecule has 3 atom stereocenters. The average Bonchev–Trinajstić information content (AvgIpc) is 3.15. The fraction of sp³-hybridized carbons (Fsp3) is 0.500. The summed E-state index contributed by atoms with van der Waals surface area (Å²) < 4.78 is 46.6. The Hall–Kier alpha value is -0.640. The maximum Gasteiger partial charge on any atom is 0.340 e. The van der Waals surface area contributed by atoms with Crippen molar-refractivity contribution in [2.24, 2.45) is 0 Å². The van der Waals surface area contributed by atoms with Gasteiger partial charge in [-0.2, -0.15) is 8.42 Å². The van der Waals surface area contributed by atoms with Crippen LogP contribution in [0.25, 0.3) is 0 Å². The zero-order chi connectivity index (χ0) is 19.0. The van der Waals surface area contributed by atoms with Crippen LogP contribution in [0.2, 0.25) is 0 Å². The van der Waals surface area contributed by atoms with E-state index in [1.807, 2.05) is 0 Å². The van der Waals surface area contributed by atoms with Crippen LogP contribution >= 0.6 is 34.8 Å². The Morgan fingerprint density at radius 3 is 2.36 bits per heavy atom. The lowest BCUT2D eigenvalue weighted by Crippen LogP contribution is -2.33. The first-order valence-electron chi connectivity index (χ1n) is 7.12. The molecule has 0 bridgehead atoms. The predicted octanol–water partition coefficient (Wildman–Crippen LogP) is 3.14. The fourth-order valence-corrected chi connectivity index (χ4v) is 4.48. The summed E-state index contributed by atoms with van der Waals surface area (Å²) in [6.07, 6.45) is 0. The molecule has 0 spiro atoms. The molecule has 1 aliphatic heterocycles. The molecular weight excluding hydrogens is 420 g/mol. The number of esters is 1. The Labute approximate surface area is 160 Å². The Kier molecular flexibility index (Phi) is 5.93. The van der Waals surface area contributed by atoms with E-state index in [2.05, 4.69) is 0 Å². The number of hydrogen-bond donors (Lipinski definition) is 0. The molecule has 1 aliphatic rings. The molecule has 1 fully saturated rings. The van der Waals surface area contributed by atoms with Crippen LogP contribution in [-0.2, 0) is 24.0 Å². The van der Waals surface area contributed by atoms with Crippen molar-refractivity contribution >= 4 is 51.1 Å². The molecule has 1 aromatic carbocycles. The second-order valence-electron chi connectivity index (χ2n) is 5.45. The van der Waals surface area contributed by atoms with Crippen LogP contribution in [0.15, 0.2) is 24.3 Å². The van der Waals surface area contributed by atoms with E-state index in [0.29, 0.717) is 5.56 Å². The van der Waals surface area contributed by atoms with E-state index in [1.165, 1.54) is 19.1 Å². The van der Waals surface area contributed by atoms with Gasteiger partial charge >= 0.3 is 16.3 Å². The van der Waals surface area contributed by atoms with Crippen LogP contribution in [0.4, 0.5) is 4.39 Å². The summed E-state index contributed by atoms with van der Waals surface area (Å²) in [4.78, 5) is 12.3. The number of nitrogens with zero attached hydrogens (tertiary/aromatic N) is 1. The van der Waals surface area contributed by atoms with Crippen molar-refractivity contribution in [1.82, 2.24) is 4.31 Å². The lowest BCUT2D eigenvalue weighted by Gasteiger charge is -2.14. The zero-order valence-electron chi connectivity index (χ0n) is 13.2. The molecule has 25 heavy (non-hydrogen) atoms. The Bertz CT molecular complexity index is 753. The maximum atomic E-state index is 13.1. The van der Waals surface area contributed by atoms with Gasteiger partial charge < -0.3 is 4.74 Å². The van der Waals surface area contributed by atoms with E-state index in [-0.39, 0.29) is 6.61 Å². The third-order valence-electron chi connectivity index (χ3n) is 3.64. The minimum absolute atomic E-state index is 0.0630. The van der Waals surface area contributed by atoms with Gasteiger partial charge in [0.2, 0.25) is 3.79 Å². The maximum absolute atomic E-state index is 13.1. The molecule has 0 N–H and O–H groups in total. The highest BCUT2D eigenvalue weighted by atomic mass is 35.6. The molecule has 0 radical (unpaired) electrons. The van der Waals surface area contributed by atoms with Gasteiger partial charge in [0, 0.05) is 0 Å². The number of hydrogen-bond acceptors (Lipinski definition) is 5. The lowest BCUT2D eigenvalue weighted by atomic mass is 10.0. The Morgan fingerprint density at radius 1 is 1.32 bits per heavy atom. The molecule has 2 rings (SSSR count). The van der Waals surface area contributed by atoms with Crippen molar-refractivity contribution in [1.29, 1.82) is 0 Å². The molecule has 0 aromatic heterocycles. The van der Waals surface area contributed by atoms with Crippen molar-refractivity contribution in [2.45, 2.75) is 29.2 Å². The number of ether oxygens (including phenoxy) is 1. The number of alkyl halides is 3. The number of halogens is 4. The summed E-state index contributed by atoms with van der Waals surface area (Å²) in [6, 6.07) is 4.15. The van der Waals surface area contributed by atoms with Crippen LogP contribution < -0.4 is 0 Å². The van der Waals surface area contributed by atoms with Gasteiger partial charge in [0.1, 0.15) is 12.4 Å². The van der Waals surface area contributed by atoms with Crippen LogP contribution in [0.3, 0.4) is 0 Å². The fourth-order valence-electron chi connectivity index (χ4n) is 2.50. The highest BCUT2D eigenvalue weighted by molar-refractivity contribution is 7.84. The normalized spacial score (nSPS) is 26.3. The number of carbonyl (C=O) groups excluding carboxylic acids is 1. The van der Waals surface area contributed by atoms with Gasteiger partial charge in [0.25, 0.3) is 0 Å². The lowest BCUT2D eigenvalue weighted by molar-refractivity contribution is -0.146. The molecule has 1 aromatic rings. The van der Waals surface area contributed by atoms with E-state index in [0.717, 1.165) is 16.4 Å². The summed E-state index contributed by atoms with van der Waals surface area (Å²) >= 11 is 16.5. The van der Waals surface area contributed by atoms with E-state index in [4.69, 9.17) is 43.7 Å². The largest absolute Gasteiger partial charge is 0.465 e. The minimum Gasteiger partial charge on any atom is -0.465 e. The predicted molar refractivity (Wildman–Crippen MR) is 91.2 cm³/mol. The Morgan fingerprint density at radius 2 is 1.88 bits per heavy atom. The van der Waals surface area contributed by atoms with Crippen molar-refractivity contribution in [3.05, 3.63) is 35.6 Å². The van der Waals surface area contributed by atoms with E-state index in [9.17, 15) is 17.6 Å². The first-order valence-corrected chi connectivity index (χ1v) is 9.61. The first kappa shape index (κ1) is 20.7. The van der Waals surface area contributed by atoms with Crippen LogP contribution in [-0.4, -0.2) is 41.2 Å². The number of rotatable bonds is 6. The number of carbonyl (C=O) groups is 1. The molecule has 0 aliphatic carbocycles. The van der Waals surface area contributed by atoms with Crippen LogP contribution in [0.5, 0.6) is 0 Å². The van der Waals surface area contributed by atoms with Crippen molar-refractivity contribution in [3.63, 3.8) is 0 Å². The standard InChI is InChI=1S/C14H15Cl3FNO5S/c1-3-23-12(20)13(2)11(9-4-6-10(18)7-5-9)19(13)25(21,22)24-8-14(15,16)17/h4-7,11H,3,8H2,1-2H3. The molecule has 6 nitrogen and oxygen atoms in total. The highest BCUT2D eigenvalue weighted by Crippen LogP contribution is 2.56. The zero-order valence-corrected chi connectivity index (χ0v) is 16.3. The summed E-state index contributed by atoms with van der Waals surface area (Å²) in [5, 5.41) is 0. The number of benzene rings is 1. The van der Waals surface area contributed by atoms with Gasteiger partial charge in [-0.1, -0.05) is 46.9 Å². The van der Waals surface area contributed by atoms with Crippen molar-refractivity contribution < 1.29 is 26.5 Å². The molecule has 0 amide bonds. The Balaban J connectivity index is 2.35. The molecule has 1 heterocycles. The first-order chi connectivity index (χ1) is 11.4. The molecule has 1 saturated heterocycles. The van der Waals surface area contributed by atoms with E-state index >= 15 is 0 Å². The summed E-state index contributed by atoms with van der Waals surface area (Å²) in [5.41, 5.74) is -1.14. The minimum atomic E-state index is -4.41. The van der Waals surface area contributed by atoms with Crippen molar-refractivity contribution in [2.75, 3.05) is 13.2 Å². The third-order valence-corrected chi connectivity index (χ3v) is 5.46. The third kappa shape index (κ3) is 4.37. The van der Waals surface area contributed by atoms with Crippen LogP contribution in [0, 0.1) is 5.82 Å². The molecule has 140 valence electrons. The van der Waals surface area contributed by atoms with Gasteiger partial charge in [-0.15, -0.1) is 4.31 Å². The van der Waals surface area contributed by atoms with Gasteiger partial charge in [0.15, 0.2) is 5.54 Å². The summed E-state index contributed by atoms with van der Waals surface area (Å²) in [5.74, 6) is -1.26. The van der Waals surface area contributed by atoms with Crippen LogP contribution in [0.1, 0.15) is 25.5 Å². The smallest absolute Gasteiger partial charge is 0.340 e. The second-order valence-corrected chi connectivity index (χ2v) is 9.45. The second kappa shape index (κ2) is 7.17. The monoisotopic (exact) mass is 433 g/mol. The molecule has 3 unspecified atom stereocenters. The van der Waals surface area contributed by atoms with Gasteiger partial charge in [0.05, 0.1) is 12.6 Å². The SMILES string of the molecule is CCOC(=O)C1(C)C(c2ccc(F)cc2)N1S(=O)(=O)OCC(Cl)(Cl)Cl. The quantitative estimate of drug-likeness (QED) is 0.391. The highest BCUT2D eigenvalue weighted by Gasteiger charge is 2.72. The van der Waals surface area contributed by atoms with Gasteiger partial charge in [-0.3, -0.25) is 4.18 Å². The van der Waals surface area contributed by atoms with Gasteiger partial charge in [-0.25, -0.2) is 9.18 Å². The molecular formula is C14H15Cl3FNO5S. The van der Waals surface area contributed by atoms with Crippen molar-refractivity contribution in [3.8, 4) is 0 Å². The summed E-state index contributed by atoms with van der Waals surface area (Å²) in [6.45, 7) is 2.31.